The molecule has 0 spiro atoms. The molecule has 6 heteroatoms. The number of hydrogen-bond donors (Lipinski definition) is 1. The summed E-state index contributed by atoms with van der Waals surface area (Å²) in [5.74, 6) is -0.139. The second-order valence-corrected chi connectivity index (χ2v) is 6.03. The number of para-hydroxylation sites is 1. The van der Waals surface area contributed by atoms with Gasteiger partial charge < -0.3 is 0 Å². The van der Waals surface area contributed by atoms with E-state index in [1.807, 2.05) is 24.3 Å². The van der Waals surface area contributed by atoms with Crippen molar-refractivity contribution in [2.45, 2.75) is 11.8 Å². The summed E-state index contributed by atoms with van der Waals surface area (Å²) in [6.07, 6.45) is 0. The number of hydrazone groups is 1. The van der Waals surface area contributed by atoms with Crippen LogP contribution in [0.1, 0.15) is 6.92 Å². The maximum atomic E-state index is 11.7. The van der Waals surface area contributed by atoms with E-state index in [2.05, 4.69) is 10.5 Å². The van der Waals surface area contributed by atoms with Crippen LogP contribution in [0.15, 0.2) is 58.5 Å². The number of nitrogens with zero attached hydrogens (tertiary/aromatic N) is 1. The first kappa shape index (κ1) is 15.9. The van der Waals surface area contributed by atoms with Crippen LogP contribution in [0.5, 0.6) is 0 Å². The van der Waals surface area contributed by atoms with Gasteiger partial charge in [0.25, 0.3) is 0 Å². The Kier molecular flexibility index (Phi) is 5.67. The highest BCUT2D eigenvalue weighted by molar-refractivity contribution is 8.15. The number of rotatable bonds is 4. The van der Waals surface area contributed by atoms with E-state index in [-0.39, 0.29) is 5.78 Å². The molecule has 0 aliphatic heterocycles. The maximum Gasteiger partial charge on any atom is 0.186 e. The van der Waals surface area contributed by atoms with E-state index in [4.69, 9.17) is 23.2 Å². The fourth-order valence-corrected chi connectivity index (χ4v) is 2.70. The van der Waals surface area contributed by atoms with Crippen molar-refractivity contribution in [1.29, 1.82) is 0 Å². The molecule has 108 valence electrons. The zero-order valence-electron chi connectivity index (χ0n) is 11.1. The number of benzene rings is 2. The lowest BCUT2D eigenvalue weighted by atomic mass is 10.3. The predicted molar refractivity (Wildman–Crippen MR) is 90.5 cm³/mol. The van der Waals surface area contributed by atoms with Gasteiger partial charge >= 0.3 is 0 Å². The minimum atomic E-state index is -0.139. The lowest BCUT2D eigenvalue weighted by Crippen LogP contribution is -2.08. The number of anilines is 1. The van der Waals surface area contributed by atoms with E-state index in [0.29, 0.717) is 20.8 Å². The zero-order valence-corrected chi connectivity index (χ0v) is 13.5. The van der Waals surface area contributed by atoms with E-state index in [0.717, 1.165) is 4.90 Å². The first-order valence-electron chi connectivity index (χ1n) is 6.09. The van der Waals surface area contributed by atoms with Crippen LogP contribution in [0.2, 0.25) is 10.0 Å². The molecule has 3 nitrogen and oxygen atoms in total. The smallest absolute Gasteiger partial charge is 0.186 e. The SMILES string of the molecule is CC(=O)/C(=N\Nc1ccccc1Cl)Sc1cccc(Cl)c1. The highest BCUT2D eigenvalue weighted by Crippen LogP contribution is 2.25. The molecule has 2 aromatic carbocycles. The van der Waals surface area contributed by atoms with Gasteiger partial charge in [-0.25, -0.2) is 0 Å². The summed E-state index contributed by atoms with van der Waals surface area (Å²) in [4.78, 5) is 12.5. The minimum Gasteiger partial charge on any atom is -0.292 e. The fourth-order valence-electron chi connectivity index (χ4n) is 1.48. The molecule has 2 rings (SSSR count). The van der Waals surface area contributed by atoms with Gasteiger partial charge in [-0.1, -0.05) is 53.2 Å². The van der Waals surface area contributed by atoms with Crippen molar-refractivity contribution in [3.8, 4) is 0 Å². The largest absolute Gasteiger partial charge is 0.292 e. The Morgan fingerprint density at radius 1 is 1.14 bits per heavy atom. The van der Waals surface area contributed by atoms with Gasteiger partial charge in [-0.2, -0.15) is 5.10 Å². The van der Waals surface area contributed by atoms with Crippen LogP contribution in [-0.2, 0) is 4.79 Å². The number of carbonyl (C=O) groups excluding carboxylic acids is 1. The Morgan fingerprint density at radius 3 is 2.57 bits per heavy atom. The van der Waals surface area contributed by atoms with Crippen molar-refractivity contribution in [3.63, 3.8) is 0 Å². The van der Waals surface area contributed by atoms with Gasteiger partial charge in [0.05, 0.1) is 10.7 Å². The number of hydrogen-bond acceptors (Lipinski definition) is 4. The average molecular weight is 339 g/mol. The second kappa shape index (κ2) is 7.50. The quantitative estimate of drug-likeness (QED) is 0.365. The van der Waals surface area contributed by atoms with Crippen LogP contribution >= 0.6 is 35.0 Å². The Morgan fingerprint density at radius 2 is 1.90 bits per heavy atom. The topological polar surface area (TPSA) is 41.5 Å². The Hall–Kier alpha value is -1.49. The van der Waals surface area contributed by atoms with E-state index < -0.39 is 0 Å². The van der Waals surface area contributed by atoms with Crippen molar-refractivity contribution in [2.75, 3.05) is 5.43 Å². The lowest BCUT2D eigenvalue weighted by Gasteiger charge is -2.06. The van der Waals surface area contributed by atoms with Crippen LogP contribution in [0.3, 0.4) is 0 Å². The number of nitrogens with one attached hydrogen (secondary N) is 1. The van der Waals surface area contributed by atoms with Crippen LogP contribution in [0.25, 0.3) is 0 Å². The molecule has 0 aliphatic carbocycles. The Bertz CT molecular complexity index is 689. The van der Waals surface area contributed by atoms with Crippen LogP contribution in [-0.4, -0.2) is 10.8 Å². The molecule has 0 amide bonds. The molecule has 0 atom stereocenters. The summed E-state index contributed by atoms with van der Waals surface area (Å²) in [5.41, 5.74) is 3.45. The highest BCUT2D eigenvalue weighted by Gasteiger charge is 2.09. The maximum absolute atomic E-state index is 11.7. The molecule has 0 saturated heterocycles. The first-order chi connectivity index (χ1) is 10.1. The van der Waals surface area contributed by atoms with Crippen molar-refractivity contribution in [1.82, 2.24) is 0 Å². The van der Waals surface area contributed by atoms with Gasteiger partial charge in [-0.15, -0.1) is 0 Å². The second-order valence-electron chi connectivity index (χ2n) is 4.12. The average Bonchev–Trinajstić information content (AvgIpc) is 2.44. The number of carbonyl (C=O) groups is 1. The third-order valence-electron chi connectivity index (χ3n) is 2.46. The lowest BCUT2D eigenvalue weighted by molar-refractivity contribution is -0.110. The molecular formula is C15H12Cl2N2OS. The molecule has 0 bridgehead atoms. The first-order valence-corrected chi connectivity index (χ1v) is 7.66. The molecule has 1 N–H and O–H groups in total. The van der Waals surface area contributed by atoms with E-state index in [9.17, 15) is 4.79 Å². The molecule has 0 fully saturated rings. The summed E-state index contributed by atoms with van der Waals surface area (Å²) in [7, 11) is 0. The number of halogens is 2. The minimum absolute atomic E-state index is 0.139. The van der Waals surface area contributed by atoms with Gasteiger partial charge in [0.2, 0.25) is 0 Å². The Labute approximate surface area is 137 Å². The highest BCUT2D eigenvalue weighted by atomic mass is 35.5. The summed E-state index contributed by atoms with van der Waals surface area (Å²) in [5, 5.41) is 5.61. The van der Waals surface area contributed by atoms with Crippen molar-refractivity contribution in [2.24, 2.45) is 5.10 Å². The predicted octanol–water partition coefficient (Wildman–Crippen LogP) is 5.10. The van der Waals surface area contributed by atoms with E-state index in [1.165, 1.54) is 18.7 Å². The van der Waals surface area contributed by atoms with Crippen molar-refractivity contribution in [3.05, 3.63) is 58.6 Å². The monoisotopic (exact) mass is 338 g/mol. The molecule has 0 heterocycles. The third-order valence-corrected chi connectivity index (χ3v) is 4.09. The van der Waals surface area contributed by atoms with Crippen LogP contribution in [0, 0.1) is 0 Å². The van der Waals surface area contributed by atoms with E-state index in [1.54, 1.807) is 24.3 Å². The summed E-state index contributed by atoms with van der Waals surface area (Å²) in [6.45, 7) is 1.46. The van der Waals surface area contributed by atoms with Gasteiger partial charge in [-0.3, -0.25) is 10.2 Å². The van der Waals surface area contributed by atoms with Crippen molar-refractivity contribution < 1.29 is 4.79 Å². The summed E-state index contributed by atoms with van der Waals surface area (Å²) in [6, 6.07) is 14.4. The summed E-state index contributed by atoms with van der Waals surface area (Å²) < 4.78 is 0. The molecule has 0 aromatic heterocycles. The van der Waals surface area contributed by atoms with Gasteiger partial charge in [-0.05, 0) is 30.3 Å². The van der Waals surface area contributed by atoms with Gasteiger partial charge in [0, 0.05) is 16.8 Å². The summed E-state index contributed by atoms with van der Waals surface area (Å²) >= 11 is 13.2. The number of ketones is 1. The molecular weight excluding hydrogens is 327 g/mol. The molecule has 0 radical (unpaired) electrons. The molecule has 21 heavy (non-hydrogen) atoms. The standard InChI is InChI=1S/C15H12Cl2N2OS/c1-10(20)15(21-12-6-4-5-11(16)9-12)19-18-14-8-3-2-7-13(14)17/h2-9,18H,1H3/b19-15+. The van der Waals surface area contributed by atoms with Crippen molar-refractivity contribution >= 4 is 51.5 Å². The molecule has 0 unspecified atom stereocenters. The molecule has 0 saturated carbocycles. The number of Topliss-reactive ketones (excluding diaryl/α,β-unsaturated/α-hetero) is 1. The fraction of sp³-hybridized carbons (Fsp3) is 0.0667. The van der Waals surface area contributed by atoms with Gasteiger partial charge in [0.1, 0.15) is 0 Å². The third kappa shape index (κ3) is 4.77. The molecule has 2 aromatic rings. The van der Waals surface area contributed by atoms with Gasteiger partial charge in [0.15, 0.2) is 10.8 Å². The molecule has 0 aliphatic rings. The normalized spacial score (nSPS) is 11.3. The zero-order chi connectivity index (χ0) is 15.2. The van der Waals surface area contributed by atoms with Crippen LogP contribution in [0.4, 0.5) is 5.69 Å². The van der Waals surface area contributed by atoms with E-state index >= 15 is 0 Å². The van der Waals surface area contributed by atoms with Crippen LogP contribution < -0.4 is 5.43 Å². The Balaban J connectivity index is 2.17. The number of thioether (sulfide) groups is 1.